The van der Waals surface area contributed by atoms with Crippen LogP contribution in [0.3, 0.4) is 0 Å². The third kappa shape index (κ3) is 3.84. The van der Waals surface area contributed by atoms with Crippen LogP contribution in [0.4, 0.5) is 0 Å². The number of benzene rings is 1. The molecule has 8 nitrogen and oxygen atoms in total. The van der Waals surface area contributed by atoms with Crippen LogP contribution in [0.2, 0.25) is 0 Å². The predicted molar refractivity (Wildman–Crippen MR) is 113 cm³/mol. The van der Waals surface area contributed by atoms with Gasteiger partial charge < -0.3 is 5.32 Å². The number of imidazole rings is 1. The fraction of sp³-hybridized carbons (Fsp3) is 0.227. The summed E-state index contributed by atoms with van der Waals surface area (Å²) >= 11 is 0. The molecule has 3 heterocycles. The Morgan fingerprint density at radius 2 is 1.83 bits per heavy atom. The maximum absolute atomic E-state index is 12.7. The van der Waals surface area contributed by atoms with Gasteiger partial charge in [0.2, 0.25) is 0 Å². The van der Waals surface area contributed by atoms with E-state index in [0.717, 1.165) is 28.5 Å². The van der Waals surface area contributed by atoms with Crippen molar-refractivity contribution in [3.8, 4) is 11.5 Å². The number of nitrogens with one attached hydrogen (secondary N) is 1. The molecule has 152 valence electrons. The fourth-order valence-corrected chi connectivity index (χ4v) is 3.31. The minimum absolute atomic E-state index is 0.263. The Kier molecular flexibility index (Phi) is 5.14. The first-order chi connectivity index (χ1) is 14.4. The zero-order valence-corrected chi connectivity index (χ0v) is 17.4. The Morgan fingerprint density at radius 3 is 2.57 bits per heavy atom. The highest BCUT2D eigenvalue weighted by atomic mass is 16.2. The summed E-state index contributed by atoms with van der Waals surface area (Å²) in [5.74, 6) is 1.34. The van der Waals surface area contributed by atoms with E-state index in [0.29, 0.717) is 17.9 Å². The number of nitrogens with zero attached hydrogens (tertiary/aromatic N) is 6. The molecule has 8 heteroatoms. The van der Waals surface area contributed by atoms with Gasteiger partial charge in [0.1, 0.15) is 11.6 Å². The van der Waals surface area contributed by atoms with Crippen molar-refractivity contribution >= 4 is 5.91 Å². The standard InChI is InChI=1S/C22H23N7O/c1-14-5-6-19(15(2)11-14)29-26-16(3)21(27-29)22(30)25-13-18-7-8-24-20(12-18)28-10-9-23-17(28)4/h5-12H,13H2,1-4H3,(H,25,30). The van der Waals surface area contributed by atoms with Crippen molar-refractivity contribution < 1.29 is 4.79 Å². The Hall–Kier alpha value is -3.81. The minimum atomic E-state index is -0.263. The van der Waals surface area contributed by atoms with Gasteiger partial charge in [-0.2, -0.15) is 9.90 Å². The second-order valence-electron chi connectivity index (χ2n) is 7.26. The highest BCUT2D eigenvalue weighted by molar-refractivity contribution is 5.93. The van der Waals surface area contributed by atoms with Crippen molar-refractivity contribution in [1.29, 1.82) is 0 Å². The van der Waals surface area contributed by atoms with Gasteiger partial charge in [0.25, 0.3) is 5.91 Å². The van der Waals surface area contributed by atoms with Crippen LogP contribution in [0, 0.1) is 27.7 Å². The summed E-state index contributed by atoms with van der Waals surface area (Å²) in [6.45, 7) is 8.10. The van der Waals surface area contributed by atoms with Gasteiger partial charge in [0.05, 0.1) is 11.4 Å². The van der Waals surface area contributed by atoms with E-state index in [4.69, 9.17) is 0 Å². The first-order valence-corrected chi connectivity index (χ1v) is 9.67. The lowest BCUT2D eigenvalue weighted by Crippen LogP contribution is -2.24. The minimum Gasteiger partial charge on any atom is -0.347 e. The summed E-state index contributed by atoms with van der Waals surface area (Å²) in [6, 6.07) is 9.83. The number of aryl methyl sites for hydroxylation is 4. The molecule has 3 aromatic heterocycles. The summed E-state index contributed by atoms with van der Waals surface area (Å²) in [5, 5.41) is 11.8. The zero-order valence-electron chi connectivity index (χ0n) is 17.4. The molecule has 4 aromatic rings. The number of hydrogen-bond acceptors (Lipinski definition) is 5. The fourth-order valence-electron chi connectivity index (χ4n) is 3.31. The normalized spacial score (nSPS) is 10.9. The van der Waals surface area contributed by atoms with Crippen LogP contribution in [-0.4, -0.2) is 35.4 Å². The average molecular weight is 401 g/mol. The average Bonchev–Trinajstić information content (AvgIpc) is 3.32. The third-order valence-corrected chi connectivity index (χ3v) is 4.90. The van der Waals surface area contributed by atoms with Crippen molar-refractivity contribution in [2.24, 2.45) is 0 Å². The van der Waals surface area contributed by atoms with Gasteiger partial charge in [-0.15, -0.1) is 5.10 Å². The van der Waals surface area contributed by atoms with E-state index < -0.39 is 0 Å². The molecule has 0 saturated heterocycles. The lowest BCUT2D eigenvalue weighted by molar-refractivity contribution is 0.0945. The number of pyridine rings is 1. The predicted octanol–water partition coefficient (Wildman–Crippen LogP) is 3.01. The van der Waals surface area contributed by atoms with Crippen molar-refractivity contribution in [1.82, 2.24) is 34.8 Å². The van der Waals surface area contributed by atoms with Crippen LogP contribution < -0.4 is 5.32 Å². The Morgan fingerprint density at radius 1 is 1.00 bits per heavy atom. The van der Waals surface area contributed by atoms with E-state index in [1.807, 2.05) is 55.8 Å². The number of hydrogen-bond donors (Lipinski definition) is 1. The molecule has 0 aliphatic rings. The summed E-state index contributed by atoms with van der Waals surface area (Å²) in [6.07, 6.45) is 5.31. The Bertz CT molecular complexity index is 1220. The van der Waals surface area contributed by atoms with E-state index in [1.165, 1.54) is 10.4 Å². The molecule has 0 saturated carbocycles. The largest absolute Gasteiger partial charge is 0.347 e. The molecule has 0 unspecified atom stereocenters. The smallest absolute Gasteiger partial charge is 0.274 e. The van der Waals surface area contributed by atoms with Gasteiger partial charge in [-0.3, -0.25) is 9.36 Å². The number of carbonyl (C=O) groups is 1. The van der Waals surface area contributed by atoms with E-state index in [-0.39, 0.29) is 5.91 Å². The molecule has 30 heavy (non-hydrogen) atoms. The van der Waals surface area contributed by atoms with Gasteiger partial charge in [-0.05, 0) is 57.0 Å². The second-order valence-corrected chi connectivity index (χ2v) is 7.26. The van der Waals surface area contributed by atoms with Crippen LogP contribution >= 0.6 is 0 Å². The lowest BCUT2D eigenvalue weighted by atomic mass is 10.1. The van der Waals surface area contributed by atoms with Crippen LogP contribution in [0.5, 0.6) is 0 Å². The Labute approximate surface area is 174 Å². The lowest BCUT2D eigenvalue weighted by Gasteiger charge is -2.08. The van der Waals surface area contributed by atoms with Crippen molar-refractivity contribution in [2.45, 2.75) is 34.2 Å². The van der Waals surface area contributed by atoms with Crippen molar-refractivity contribution in [2.75, 3.05) is 0 Å². The summed E-state index contributed by atoms with van der Waals surface area (Å²) in [5.41, 5.74) is 4.90. The van der Waals surface area contributed by atoms with E-state index in [2.05, 4.69) is 31.5 Å². The maximum Gasteiger partial charge on any atom is 0.274 e. The highest BCUT2D eigenvalue weighted by Gasteiger charge is 2.17. The number of carbonyl (C=O) groups excluding carboxylic acids is 1. The monoisotopic (exact) mass is 401 g/mol. The van der Waals surface area contributed by atoms with Crippen LogP contribution in [0.15, 0.2) is 48.9 Å². The first-order valence-electron chi connectivity index (χ1n) is 9.67. The SMILES string of the molecule is Cc1ccc(-n2nc(C)c(C(=O)NCc3ccnc(-n4ccnc4C)c3)n2)c(C)c1. The van der Waals surface area contributed by atoms with Gasteiger partial charge in [-0.25, -0.2) is 9.97 Å². The van der Waals surface area contributed by atoms with Gasteiger partial charge in [0.15, 0.2) is 5.69 Å². The zero-order chi connectivity index (χ0) is 21.3. The molecule has 1 N–H and O–H groups in total. The van der Waals surface area contributed by atoms with E-state index in [1.54, 1.807) is 19.3 Å². The molecule has 0 fully saturated rings. The van der Waals surface area contributed by atoms with Crippen LogP contribution in [-0.2, 0) is 6.54 Å². The second kappa shape index (κ2) is 7.90. The summed E-state index contributed by atoms with van der Waals surface area (Å²) < 4.78 is 1.89. The van der Waals surface area contributed by atoms with E-state index in [9.17, 15) is 4.79 Å². The molecule has 0 spiro atoms. The molecule has 0 radical (unpaired) electrons. The number of aromatic nitrogens is 6. The Balaban J connectivity index is 1.50. The molecule has 0 aliphatic heterocycles. The molecule has 0 atom stereocenters. The van der Waals surface area contributed by atoms with E-state index >= 15 is 0 Å². The molecule has 1 amide bonds. The number of rotatable bonds is 5. The molecule has 0 bridgehead atoms. The van der Waals surface area contributed by atoms with Crippen LogP contribution in [0.25, 0.3) is 11.5 Å². The summed E-state index contributed by atoms with van der Waals surface area (Å²) in [7, 11) is 0. The van der Waals surface area contributed by atoms with Gasteiger partial charge >= 0.3 is 0 Å². The third-order valence-electron chi connectivity index (χ3n) is 4.90. The topological polar surface area (TPSA) is 90.5 Å². The van der Waals surface area contributed by atoms with Crippen molar-refractivity contribution in [3.63, 3.8) is 0 Å². The van der Waals surface area contributed by atoms with Crippen molar-refractivity contribution in [3.05, 3.63) is 82.8 Å². The molecular formula is C22H23N7O. The first kappa shape index (κ1) is 19.5. The number of amides is 1. The molecule has 0 aliphatic carbocycles. The molecular weight excluding hydrogens is 378 g/mol. The van der Waals surface area contributed by atoms with Crippen LogP contribution in [0.1, 0.15) is 38.7 Å². The van der Waals surface area contributed by atoms with Gasteiger partial charge in [0, 0.05) is 25.1 Å². The maximum atomic E-state index is 12.7. The molecule has 4 rings (SSSR count). The highest BCUT2D eigenvalue weighted by Crippen LogP contribution is 2.15. The van der Waals surface area contributed by atoms with Gasteiger partial charge in [-0.1, -0.05) is 17.7 Å². The summed E-state index contributed by atoms with van der Waals surface area (Å²) in [4.78, 5) is 22.8. The quantitative estimate of drug-likeness (QED) is 0.555. The molecule has 1 aromatic carbocycles.